The zero-order valence-corrected chi connectivity index (χ0v) is 14.0. The Morgan fingerprint density at radius 2 is 1.85 bits per heavy atom. The number of nitrogens with zero attached hydrogens (tertiary/aromatic N) is 1. The predicted octanol–water partition coefficient (Wildman–Crippen LogP) is 2.23. The molecule has 9 heteroatoms. The van der Waals surface area contributed by atoms with Crippen molar-refractivity contribution in [2.75, 3.05) is 12.3 Å². The molecule has 6 nitrogen and oxygen atoms in total. The number of carbonyl (C=O) groups excluding carboxylic acids is 1. The molecule has 2 aromatic rings. The maximum atomic E-state index is 11.8. The van der Waals surface area contributed by atoms with Gasteiger partial charge in [0.15, 0.2) is 0 Å². The SMILES string of the molecule is C#Cc1ccc(O)c(/C=N/NC(=O)c2ccc(N)cc2)c1.NCC(F)(F)F. The third kappa shape index (κ3) is 7.94. The zero-order valence-electron chi connectivity index (χ0n) is 14.0. The second kappa shape index (κ2) is 9.84. The van der Waals surface area contributed by atoms with Crippen LogP contribution in [-0.4, -0.2) is 29.9 Å². The number of carbonyl (C=O) groups is 1. The van der Waals surface area contributed by atoms with Crippen LogP contribution in [0.1, 0.15) is 21.5 Å². The first-order valence-corrected chi connectivity index (χ1v) is 7.41. The number of rotatable bonds is 3. The van der Waals surface area contributed by atoms with Crippen LogP contribution >= 0.6 is 0 Å². The monoisotopic (exact) mass is 378 g/mol. The van der Waals surface area contributed by atoms with Gasteiger partial charge in [0.05, 0.1) is 12.8 Å². The first-order chi connectivity index (χ1) is 12.7. The van der Waals surface area contributed by atoms with E-state index in [1.165, 1.54) is 12.3 Å². The number of hydrazone groups is 1. The number of nitrogens with one attached hydrogen (secondary N) is 1. The van der Waals surface area contributed by atoms with E-state index in [0.717, 1.165) is 0 Å². The number of phenols is 1. The smallest absolute Gasteiger partial charge is 0.400 e. The van der Waals surface area contributed by atoms with E-state index in [1.54, 1.807) is 36.4 Å². The number of aromatic hydroxyl groups is 1. The van der Waals surface area contributed by atoms with E-state index in [0.29, 0.717) is 22.4 Å². The molecular formula is C18H17F3N4O2. The Kier molecular flexibility index (Phi) is 7.85. The number of halogens is 3. The number of hydrogen-bond acceptors (Lipinski definition) is 5. The van der Waals surface area contributed by atoms with Crippen LogP contribution < -0.4 is 16.9 Å². The van der Waals surface area contributed by atoms with Crippen LogP contribution in [0.15, 0.2) is 47.6 Å². The van der Waals surface area contributed by atoms with E-state index in [9.17, 15) is 23.1 Å². The molecule has 6 N–H and O–H groups in total. The van der Waals surface area contributed by atoms with Gasteiger partial charge in [-0.2, -0.15) is 18.3 Å². The summed E-state index contributed by atoms with van der Waals surface area (Å²) in [5.74, 6) is 2.10. The maximum Gasteiger partial charge on any atom is 0.400 e. The molecule has 0 aromatic heterocycles. The summed E-state index contributed by atoms with van der Waals surface area (Å²) in [6, 6.07) is 11.1. The molecule has 0 atom stereocenters. The van der Waals surface area contributed by atoms with Crippen molar-refractivity contribution in [2.45, 2.75) is 6.18 Å². The van der Waals surface area contributed by atoms with E-state index in [4.69, 9.17) is 12.2 Å². The number of nitrogen functional groups attached to an aromatic ring is 1. The molecule has 0 aliphatic rings. The lowest BCUT2D eigenvalue weighted by atomic mass is 10.1. The highest BCUT2D eigenvalue weighted by Gasteiger charge is 2.23. The summed E-state index contributed by atoms with van der Waals surface area (Å²) in [7, 11) is 0. The highest BCUT2D eigenvalue weighted by Crippen LogP contribution is 2.16. The standard InChI is InChI=1S/C16H13N3O2.C2H4F3N/c1-2-11-3-8-15(20)13(9-11)10-18-19-16(21)12-4-6-14(17)7-5-12;3-2(4,5)1-6/h1,3-10,20H,17H2,(H,19,21);1,6H2/b18-10+;. The molecule has 1 amide bonds. The van der Waals surface area contributed by atoms with Gasteiger partial charge in [0.1, 0.15) is 5.75 Å². The highest BCUT2D eigenvalue weighted by molar-refractivity contribution is 5.95. The van der Waals surface area contributed by atoms with Gasteiger partial charge in [0.25, 0.3) is 5.91 Å². The molecule has 27 heavy (non-hydrogen) atoms. The van der Waals surface area contributed by atoms with E-state index in [-0.39, 0.29) is 11.7 Å². The Hall–Kier alpha value is -3.51. The van der Waals surface area contributed by atoms with Gasteiger partial charge in [-0.05, 0) is 42.5 Å². The van der Waals surface area contributed by atoms with Crippen molar-refractivity contribution in [2.24, 2.45) is 10.8 Å². The van der Waals surface area contributed by atoms with Crippen molar-refractivity contribution in [1.82, 2.24) is 5.43 Å². The fourth-order valence-electron chi connectivity index (χ4n) is 1.61. The Morgan fingerprint density at radius 1 is 1.26 bits per heavy atom. The van der Waals surface area contributed by atoms with Crippen LogP contribution in [-0.2, 0) is 0 Å². The number of hydrogen-bond donors (Lipinski definition) is 4. The van der Waals surface area contributed by atoms with Gasteiger partial charge in [-0.15, -0.1) is 6.42 Å². The van der Waals surface area contributed by atoms with Crippen molar-refractivity contribution in [3.8, 4) is 18.1 Å². The molecular weight excluding hydrogens is 361 g/mol. The van der Waals surface area contributed by atoms with Crippen LogP contribution in [0.3, 0.4) is 0 Å². The van der Waals surface area contributed by atoms with Gasteiger partial charge >= 0.3 is 6.18 Å². The number of terminal acetylenes is 1. The molecule has 0 heterocycles. The summed E-state index contributed by atoms with van der Waals surface area (Å²) >= 11 is 0. The van der Waals surface area contributed by atoms with Gasteiger partial charge < -0.3 is 16.6 Å². The highest BCUT2D eigenvalue weighted by atomic mass is 19.4. The molecule has 2 aromatic carbocycles. The Morgan fingerprint density at radius 3 is 2.37 bits per heavy atom. The van der Waals surface area contributed by atoms with Gasteiger partial charge in [-0.25, -0.2) is 5.43 Å². The quantitative estimate of drug-likeness (QED) is 0.284. The summed E-state index contributed by atoms with van der Waals surface area (Å²) in [5.41, 5.74) is 14.1. The Labute approximate surface area is 153 Å². The second-order valence-electron chi connectivity index (χ2n) is 5.06. The van der Waals surface area contributed by atoms with E-state index >= 15 is 0 Å². The fraction of sp³-hybridized carbons (Fsp3) is 0.111. The molecule has 0 spiro atoms. The molecule has 0 aliphatic carbocycles. The second-order valence-corrected chi connectivity index (χ2v) is 5.06. The summed E-state index contributed by atoms with van der Waals surface area (Å²) < 4.78 is 32.0. The zero-order chi connectivity index (χ0) is 20.4. The first kappa shape index (κ1) is 21.5. The normalized spacial score (nSPS) is 10.6. The lowest BCUT2D eigenvalue weighted by molar-refractivity contribution is -0.118. The van der Waals surface area contributed by atoms with Crippen LogP contribution in [0, 0.1) is 12.3 Å². The molecule has 0 saturated carbocycles. The van der Waals surface area contributed by atoms with Crippen LogP contribution in [0.5, 0.6) is 5.75 Å². The maximum absolute atomic E-state index is 11.8. The van der Waals surface area contributed by atoms with Crippen molar-refractivity contribution in [3.63, 3.8) is 0 Å². The van der Waals surface area contributed by atoms with Crippen molar-refractivity contribution < 1.29 is 23.1 Å². The van der Waals surface area contributed by atoms with Crippen LogP contribution in [0.25, 0.3) is 0 Å². The Bertz CT molecular complexity index is 841. The average Bonchev–Trinajstić information content (AvgIpc) is 2.63. The number of anilines is 1. The third-order valence-electron chi connectivity index (χ3n) is 2.97. The summed E-state index contributed by atoms with van der Waals surface area (Å²) in [6.07, 6.45) is 2.42. The van der Waals surface area contributed by atoms with E-state index in [2.05, 4.69) is 22.2 Å². The van der Waals surface area contributed by atoms with Crippen LogP contribution in [0.2, 0.25) is 0 Å². The molecule has 142 valence electrons. The minimum absolute atomic E-state index is 0.0273. The first-order valence-electron chi connectivity index (χ1n) is 7.41. The molecule has 0 fully saturated rings. The summed E-state index contributed by atoms with van der Waals surface area (Å²) in [6.45, 7) is -1.23. The number of benzene rings is 2. The predicted molar refractivity (Wildman–Crippen MR) is 97.1 cm³/mol. The lowest BCUT2D eigenvalue weighted by Crippen LogP contribution is -2.21. The van der Waals surface area contributed by atoms with Gasteiger partial charge in [-0.3, -0.25) is 4.79 Å². The van der Waals surface area contributed by atoms with Crippen molar-refractivity contribution in [3.05, 3.63) is 59.2 Å². The number of alkyl halides is 3. The topological polar surface area (TPSA) is 114 Å². The summed E-state index contributed by atoms with van der Waals surface area (Å²) in [5, 5.41) is 13.4. The van der Waals surface area contributed by atoms with Gasteiger partial charge in [0.2, 0.25) is 0 Å². The number of amides is 1. The minimum atomic E-state index is -4.18. The van der Waals surface area contributed by atoms with Crippen molar-refractivity contribution >= 4 is 17.8 Å². The number of phenolic OH excluding ortho intramolecular Hbond substituents is 1. The van der Waals surface area contributed by atoms with Gasteiger partial charge in [-0.1, -0.05) is 5.92 Å². The average molecular weight is 378 g/mol. The molecule has 0 bridgehead atoms. The molecule has 0 radical (unpaired) electrons. The van der Waals surface area contributed by atoms with Crippen molar-refractivity contribution in [1.29, 1.82) is 0 Å². The minimum Gasteiger partial charge on any atom is -0.507 e. The number of nitrogens with two attached hydrogens (primary N) is 2. The molecule has 2 rings (SSSR count). The molecule has 0 unspecified atom stereocenters. The van der Waals surface area contributed by atoms with E-state index in [1.807, 2.05) is 0 Å². The molecule has 0 saturated heterocycles. The molecule has 0 aliphatic heterocycles. The lowest BCUT2D eigenvalue weighted by Gasteiger charge is -2.01. The van der Waals surface area contributed by atoms with E-state index < -0.39 is 12.7 Å². The Balaban J connectivity index is 0.000000527. The van der Waals surface area contributed by atoms with Gasteiger partial charge in [0, 0.05) is 22.4 Å². The summed E-state index contributed by atoms with van der Waals surface area (Å²) in [4.78, 5) is 11.8. The van der Waals surface area contributed by atoms with Crippen LogP contribution in [0.4, 0.5) is 18.9 Å². The third-order valence-corrected chi connectivity index (χ3v) is 2.97. The largest absolute Gasteiger partial charge is 0.507 e. The fourth-order valence-corrected chi connectivity index (χ4v) is 1.61.